The summed E-state index contributed by atoms with van der Waals surface area (Å²) in [6.45, 7) is 5.28. The van der Waals surface area contributed by atoms with Crippen LogP contribution in [0.25, 0.3) is 0 Å². The first kappa shape index (κ1) is 11.6. The van der Waals surface area contributed by atoms with Gasteiger partial charge in [0.15, 0.2) is 0 Å². The zero-order valence-corrected chi connectivity index (χ0v) is 8.50. The van der Waals surface area contributed by atoms with Crippen LogP contribution in [0.5, 0.6) is 0 Å². The lowest BCUT2D eigenvalue weighted by molar-refractivity contribution is 0.130. The molecule has 1 rings (SSSR count). The summed E-state index contributed by atoms with van der Waals surface area (Å²) in [4.78, 5) is 0. The normalized spacial score (nSPS) is 12.5. The van der Waals surface area contributed by atoms with Gasteiger partial charge >= 0.3 is 0 Å². The van der Waals surface area contributed by atoms with Crippen LogP contribution >= 0.6 is 0 Å². The van der Waals surface area contributed by atoms with Crippen molar-refractivity contribution < 1.29 is 8.78 Å². The van der Waals surface area contributed by atoms with Crippen molar-refractivity contribution in [3.05, 3.63) is 41.8 Å². The SMILES string of the molecule is [CH2]C(c1cccc(C#N)c1CC)C(F)F. The van der Waals surface area contributed by atoms with E-state index in [9.17, 15) is 8.78 Å². The first-order valence-electron chi connectivity index (χ1n) is 4.74. The molecule has 15 heavy (non-hydrogen) atoms. The topological polar surface area (TPSA) is 23.8 Å². The Bertz CT molecular complexity index is 380. The second kappa shape index (κ2) is 4.88. The van der Waals surface area contributed by atoms with Crippen LogP contribution in [0.1, 0.15) is 29.5 Å². The van der Waals surface area contributed by atoms with Crippen LogP contribution in [-0.4, -0.2) is 6.43 Å². The van der Waals surface area contributed by atoms with Gasteiger partial charge in [0.25, 0.3) is 0 Å². The van der Waals surface area contributed by atoms with E-state index in [1.807, 2.05) is 13.0 Å². The molecule has 0 amide bonds. The standard InChI is InChI=1S/C12H12F2N/c1-3-10-9(7-15)5-4-6-11(10)8(2)12(13)14/h4-6,8,12H,2-3H2,1H3. The van der Waals surface area contributed by atoms with E-state index in [2.05, 4.69) is 6.92 Å². The third-order valence-corrected chi connectivity index (χ3v) is 2.39. The van der Waals surface area contributed by atoms with Gasteiger partial charge in [0.1, 0.15) is 0 Å². The summed E-state index contributed by atoms with van der Waals surface area (Å²) in [5, 5.41) is 8.84. The van der Waals surface area contributed by atoms with Crippen molar-refractivity contribution in [2.24, 2.45) is 0 Å². The molecule has 0 saturated carbocycles. The van der Waals surface area contributed by atoms with Gasteiger partial charge in [0.05, 0.1) is 11.6 Å². The molecule has 0 spiro atoms. The van der Waals surface area contributed by atoms with Crippen molar-refractivity contribution in [3.63, 3.8) is 0 Å². The lowest BCUT2D eigenvalue weighted by Gasteiger charge is -2.15. The van der Waals surface area contributed by atoms with Gasteiger partial charge in [-0.1, -0.05) is 19.1 Å². The van der Waals surface area contributed by atoms with Crippen LogP contribution in [0, 0.1) is 18.3 Å². The van der Waals surface area contributed by atoms with E-state index < -0.39 is 12.3 Å². The summed E-state index contributed by atoms with van der Waals surface area (Å²) in [6, 6.07) is 6.88. The number of rotatable bonds is 3. The average molecular weight is 208 g/mol. The lowest BCUT2D eigenvalue weighted by atomic mass is 9.91. The Balaban J connectivity index is 3.24. The third-order valence-electron chi connectivity index (χ3n) is 2.39. The van der Waals surface area contributed by atoms with Crippen LogP contribution in [-0.2, 0) is 6.42 Å². The molecule has 0 fully saturated rings. The fourth-order valence-corrected chi connectivity index (χ4v) is 1.59. The molecule has 0 bridgehead atoms. The van der Waals surface area contributed by atoms with Gasteiger partial charge < -0.3 is 0 Å². The van der Waals surface area contributed by atoms with E-state index in [0.29, 0.717) is 23.1 Å². The zero-order valence-electron chi connectivity index (χ0n) is 8.50. The zero-order chi connectivity index (χ0) is 11.4. The Labute approximate surface area is 88.3 Å². The Morgan fingerprint density at radius 2 is 2.13 bits per heavy atom. The van der Waals surface area contributed by atoms with Crippen LogP contribution < -0.4 is 0 Å². The first-order valence-corrected chi connectivity index (χ1v) is 4.74. The maximum Gasteiger partial charge on any atom is 0.245 e. The molecule has 0 aliphatic carbocycles. The van der Waals surface area contributed by atoms with Crippen molar-refractivity contribution in [1.82, 2.24) is 0 Å². The number of hydrogen-bond donors (Lipinski definition) is 0. The fourth-order valence-electron chi connectivity index (χ4n) is 1.59. The molecule has 1 nitrogen and oxygen atoms in total. The smallest absolute Gasteiger partial charge is 0.210 e. The van der Waals surface area contributed by atoms with E-state index in [1.165, 1.54) is 0 Å². The van der Waals surface area contributed by atoms with Crippen molar-refractivity contribution >= 4 is 0 Å². The molecule has 1 aromatic rings. The van der Waals surface area contributed by atoms with E-state index >= 15 is 0 Å². The number of benzene rings is 1. The number of halogens is 2. The average Bonchev–Trinajstić information content (AvgIpc) is 2.26. The largest absolute Gasteiger partial charge is 0.245 e. The second-order valence-corrected chi connectivity index (χ2v) is 3.28. The summed E-state index contributed by atoms with van der Waals surface area (Å²) in [5.74, 6) is -1.06. The Kier molecular flexibility index (Phi) is 3.79. The van der Waals surface area contributed by atoms with Crippen LogP contribution in [0.4, 0.5) is 8.78 Å². The predicted octanol–water partition coefficient (Wildman–Crippen LogP) is 3.30. The summed E-state index contributed by atoms with van der Waals surface area (Å²) < 4.78 is 25.0. The molecule has 0 aliphatic rings. The molecule has 0 aromatic heterocycles. The van der Waals surface area contributed by atoms with E-state index in [0.717, 1.165) is 0 Å². The highest BCUT2D eigenvalue weighted by Gasteiger charge is 2.20. The number of nitrogens with zero attached hydrogens (tertiary/aromatic N) is 1. The molecule has 0 heterocycles. The Morgan fingerprint density at radius 3 is 2.60 bits per heavy atom. The fraction of sp³-hybridized carbons (Fsp3) is 0.333. The number of nitriles is 1. The van der Waals surface area contributed by atoms with Gasteiger partial charge in [-0.15, -0.1) is 0 Å². The first-order chi connectivity index (χ1) is 7.11. The molecule has 1 unspecified atom stereocenters. The molecule has 0 N–H and O–H groups in total. The predicted molar refractivity (Wildman–Crippen MR) is 54.6 cm³/mol. The minimum absolute atomic E-state index is 0.462. The van der Waals surface area contributed by atoms with Crippen LogP contribution in [0.15, 0.2) is 18.2 Å². The lowest BCUT2D eigenvalue weighted by Crippen LogP contribution is -2.09. The molecule has 1 radical (unpaired) electrons. The molecule has 79 valence electrons. The molecule has 0 saturated heterocycles. The summed E-state index contributed by atoms with van der Waals surface area (Å²) >= 11 is 0. The third kappa shape index (κ3) is 2.33. The van der Waals surface area contributed by atoms with E-state index in [4.69, 9.17) is 5.26 Å². The maximum absolute atomic E-state index is 12.5. The molecule has 0 aliphatic heterocycles. The van der Waals surface area contributed by atoms with Crippen molar-refractivity contribution in [2.75, 3.05) is 0 Å². The van der Waals surface area contributed by atoms with Crippen LogP contribution in [0.2, 0.25) is 0 Å². The van der Waals surface area contributed by atoms with E-state index in [1.54, 1.807) is 18.2 Å². The molecule has 3 heteroatoms. The molecular formula is C12H12F2N. The highest BCUT2D eigenvalue weighted by molar-refractivity contribution is 5.44. The molecule has 1 atom stereocenters. The Hall–Kier alpha value is -1.43. The van der Waals surface area contributed by atoms with Crippen molar-refractivity contribution in [2.45, 2.75) is 25.7 Å². The van der Waals surface area contributed by atoms with Gasteiger partial charge in [-0.2, -0.15) is 5.26 Å². The van der Waals surface area contributed by atoms with Crippen molar-refractivity contribution in [3.8, 4) is 6.07 Å². The van der Waals surface area contributed by atoms with Gasteiger partial charge in [0.2, 0.25) is 6.43 Å². The van der Waals surface area contributed by atoms with E-state index in [-0.39, 0.29) is 0 Å². The maximum atomic E-state index is 12.5. The monoisotopic (exact) mass is 208 g/mol. The van der Waals surface area contributed by atoms with Gasteiger partial charge in [-0.3, -0.25) is 0 Å². The van der Waals surface area contributed by atoms with Gasteiger partial charge in [-0.05, 0) is 30.5 Å². The molecule has 1 aromatic carbocycles. The van der Waals surface area contributed by atoms with Gasteiger partial charge in [-0.25, -0.2) is 8.78 Å². The second-order valence-electron chi connectivity index (χ2n) is 3.28. The highest BCUT2D eigenvalue weighted by Crippen LogP contribution is 2.27. The quantitative estimate of drug-likeness (QED) is 0.747. The summed E-state index contributed by atoms with van der Waals surface area (Å²) in [6.07, 6.45) is -1.93. The van der Waals surface area contributed by atoms with Crippen LogP contribution in [0.3, 0.4) is 0 Å². The number of hydrogen-bond acceptors (Lipinski definition) is 1. The molecular weight excluding hydrogens is 196 g/mol. The highest BCUT2D eigenvalue weighted by atomic mass is 19.3. The van der Waals surface area contributed by atoms with Gasteiger partial charge in [0, 0.05) is 5.92 Å². The summed E-state index contributed by atoms with van der Waals surface area (Å²) in [7, 11) is 0. The van der Waals surface area contributed by atoms with Crippen molar-refractivity contribution in [1.29, 1.82) is 5.26 Å². The minimum atomic E-state index is -2.50. The minimum Gasteiger partial charge on any atom is -0.210 e. The Morgan fingerprint density at radius 1 is 1.47 bits per heavy atom. The number of alkyl halides is 2. The summed E-state index contributed by atoms with van der Waals surface area (Å²) in [5.41, 5.74) is 1.62.